The Balaban J connectivity index is 2.16. The summed E-state index contributed by atoms with van der Waals surface area (Å²) >= 11 is 12.1. The molecule has 0 fully saturated rings. The topological polar surface area (TPSA) is 17.1 Å². The first-order valence-electron chi connectivity index (χ1n) is 6.85. The monoisotopic (exact) mass is 316 g/mol. The van der Waals surface area contributed by atoms with Gasteiger partial charge in [-0.3, -0.25) is 4.79 Å². The number of carbonyl (C=O) groups excluding carboxylic acids is 1. The Kier molecular flexibility index (Phi) is 3.88. The van der Waals surface area contributed by atoms with E-state index in [0.29, 0.717) is 16.5 Å². The van der Waals surface area contributed by atoms with Gasteiger partial charge in [-0.25, -0.2) is 0 Å². The van der Waals surface area contributed by atoms with Crippen molar-refractivity contribution in [1.29, 1.82) is 0 Å². The molecule has 21 heavy (non-hydrogen) atoms. The van der Waals surface area contributed by atoms with Gasteiger partial charge in [0.05, 0.1) is 10.0 Å². The number of halogens is 2. The van der Waals surface area contributed by atoms with Crippen molar-refractivity contribution in [3.63, 3.8) is 0 Å². The van der Waals surface area contributed by atoms with Gasteiger partial charge in [-0.1, -0.05) is 59.6 Å². The number of hydrogen-bond donors (Lipinski definition) is 0. The van der Waals surface area contributed by atoms with Gasteiger partial charge in [-0.05, 0) is 42.2 Å². The minimum absolute atomic E-state index is 0.129. The standard InChI is InChI=1S/C18H14Cl2O/c1-2-11-9-15(12-7-8-16(19)17(20)10-12)13-5-3-4-6-14(13)18(11)21/h2-8,10,15H,9H2,1H3. The lowest BCUT2D eigenvalue weighted by atomic mass is 9.76. The Morgan fingerprint density at radius 3 is 2.57 bits per heavy atom. The third-order valence-electron chi connectivity index (χ3n) is 3.99. The third kappa shape index (κ3) is 2.52. The fraction of sp³-hybridized carbons (Fsp3) is 0.167. The van der Waals surface area contributed by atoms with Crippen LogP contribution in [0.4, 0.5) is 0 Å². The molecule has 2 aromatic carbocycles. The SMILES string of the molecule is CC=C1CC(c2ccc(Cl)c(Cl)c2)c2ccccc2C1=O. The van der Waals surface area contributed by atoms with E-state index < -0.39 is 0 Å². The highest BCUT2D eigenvalue weighted by molar-refractivity contribution is 6.42. The van der Waals surface area contributed by atoms with Crippen LogP contribution in [0.5, 0.6) is 0 Å². The molecular formula is C18H14Cl2O. The zero-order chi connectivity index (χ0) is 15.0. The maximum atomic E-state index is 12.4. The van der Waals surface area contributed by atoms with Gasteiger partial charge in [0.25, 0.3) is 0 Å². The quantitative estimate of drug-likeness (QED) is 0.620. The van der Waals surface area contributed by atoms with Crippen molar-refractivity contribution < 1.29 is 4.79 Å². The van der Waals surface area contributed by atoms with Crippen LogP contribution in [-0.2, 0) is 0 Å². The third-order valence-corrected chi connectivity index (χ3v) is 4.73. The lowest BCUT2D eigenvalue weighted by Gasteiger charge is -2.27. The van der Waals surface area contributed by atoms with Crippen molar-refractivity contribution in [2.24, 2.45) is 0 Å². The summed E-state index contributed by atoms with van der Waals surface area (Å²) in [6.07, 6.45) is 2.60. The van der Waals surface area contributed by atoms with E-state index in [-0.39, 0.29) is 11.7 Å². The van der Waals surface area contributed by atoms with Crippen molar-refractivity contribution in [3.05, 3.63) is 80.8 Å². The highest BCUT2D eigenvalue weighted by atomic mass is 35.5. The number of hydrogen-bond acceptors (Lipinski definition) is 1. The average Bonchev–Trinajstić information content (AvgIpc) is 2.51. The number of carbonyl (C=O) groups is 1. The molecule has 3 rings (SSSR count). The molecule has 0 aromatic heterocycles. The molecule has 3 heteroatoms. The molecule has 0 amide bonds. The molecule has 106 valence electrons. The highest BCUT2D eigenvalue weighted by Gasteiger charge is 2.29. The normalized spacial score (nSPS) is 19.7. The van der Waals surface area contributed by atoms with Crippen molar-refractivity contribution in [3.8, 4) is 0 Å². The second-order valence-corrected chi connectivity index (χ2v) is 5.97. The molecule has 1 nitrogen and oxygen atoms in total. The summed E-state index contributed by atoms with van der Waals surface area (Å²) in [4.78, 5) is 12.4. The van der Waals surface area contributed by atoms with Crippen LogP contribution in [0.1, 0.15) is 40.7 Å². The second-order valence-electron chi connectivity index (χ2n) is 5.16. The summed E-state index contributed by atoms with van der Waals surface area (Å²) in [7, 11) is 0. The van der Waals surface area contributed by atoms with Crippen LogP contribution >= 0.6 is 23.2 Å². The van der Waals surface area contributed by atoms with E-state index in [4.69, 9.17) is 23.2 Å². The zero-order valence-corrected chi connectivity index (χ0v) is 13.1. The Morgan fingerprint density at radius 2 is 1.86 bits per heavy atom. The Labute approximate surface area is 134 Å². The fourth-order valence-corrected chi connectivity index (χ4v) is 3.19. The largest absolute Gasteiger partial charge is 0.289 e. The van der Waals surface area contributed by atoms with E-state index in [1.165, 1.54) is 0 Å². The molecule has 0 saturated carbocycles. The van der Waals surface area contributed by atoms with Crippen molar-refractivity contribution in [2.75, 3.05) is 0 Å². The Morgan fingerprint density at radius 1 is 1.10 bits per heavy atom. The van der Waals surface area contributed by atoms with Gasteiger partial charge in [0.2, 0.25) is 0 Å². The molecule has 1 atom stereocenters. The summed E-state index contributed by atoms with van der Waals surface area (Å²) in [5.74, 6) is 0.268. The predicted molar refractivity (Wildman–Crippen MR) is 87.5 cm³/mol. The molecule has 2 aromatic rings. The molecule has 0 N–H and O–H groups in total. The molecule has 1 aliphatic rings. The minimum Gasteiger partial charge on any atom is -0.289 e. The maximum Gasteiger partial charge on any atom is 0.189 e. The molecule has 1 aliphatic carbocycles. The minimum atomic E-state index is 0.129. The first-order valence-corrected chi connectivity index (χ1v) is 7.61. The molecule has 0 aliphatic heterocycles. The number of fused-ring (bicyclic) bond motifs is 1. The van der Waals surface area contributed by atoms with E-state index in [0.717, 1.165) is 22.3 Å². The van der Waals surface area contributed by atoms with Gasteiger partial charge in [-0.2, -0.15) is 0 Å². The first kappa shape index (κ1) is 14.4. The smallest absolute Gasteiger partial charge is 0.189 e. The van der Waals surface area contributed by atoms with Gasteiger partial charge in [0, 0.05) is 11.5 Å². The van der Waals surface area contributed by atoms with Crippen LogP contribution in [0, 0.1) is 0 Å². The summed E-state index contributed by atoms with van der Waals surface area (Å²) in [5.41, 5.74) is 3.79. The highest BCUT2D eigenvalue weighted by Crippen LogP contribution is 2.40. The predicted octanol–water partition coefficient (Wildman–Crippen LogP) is 5.66. The average molecular weight is 317 g/mol. The van der Waals surface area contributed by atoms with E-state index in [2.05, 4.69) is 0 Å². The molecular weight excluding hydrogens is 303 g/mol. The Hall–Kier alpha value is -1.57. The molecule has 0 bridgehead atoms. The van der Waals surface area contributed by atoms with Crippen LogP contribution in [0.2, 0.25) is 10.0 Å². The summed E-state index contributed by atoms with van der Waals surface area (Å²) in [5, 5.41) is 1.09. The number of rotatable bonds is 1. The van der Waals surface area contributed by atoms with Crippen molar-refractivity contribution in [2.45, 2.75) is 19.3 Å². The summed E-state index contributed by atoms with van der Waals surface area (Å²) < 4.78 is 0. The first-order chi connectivity index (χ1) is 10.1. The van der Waals surface area contributed by atoms with Crippen LogP contribution in [0.3, 0.4) is 0 Å². The summed E-state index contributed by atoms with van der Waals surface area (Å²) in [6.45, 7) is 1.91. The van der Waals surface area contributed by atoms with Gasteiger partial charge < -0.3 is 0 Å². The van der Waals surface area contributed by atoms with E-state index >= 15 is 0 Å². The van der Waals surface area contributed by atoms with Crippen LogP contribution in [0.15, 0.2) is 54.1 Å². The van der Waals surface area contributed by atoms with E-state index in [1.54, 1.807) is 0 Å². The van der Waals surface area contributed by atoms with Gasteiger partial charge in [0.1, 0.15) is 0 Å². The van der Waals surface area contributed by atoms with Crippen LogP contribution in [0.25, 0.3) is 0 Å². The lowest BCUT2D eigenvalue weighted by Crippen LogP contribution is -2.19. The lowest BCUT2D eigenvalue weighted by molar-refractivity contribution is 0.102. The van der Waals surface area contributed by atoms with Crippen molar-refractivity contribution in [1.82, 2.24) is 0 Å². The number of Topliss-reactive ketones (excluding diaryl/α,β-unsaturated/α-hetero) is 1. The number of allylic oxidation sites excluding steroid dienone is 2. The number of ketones is 1. The molecule has 0 heterocycles. The molecule has 0 spiro atoms. The molecule has 0 saturated heterocycles. The number of benzene rings is 2. The fourth-order valence-electron chi connectivity index (χ4n) is 2.88. The molecule has 1 unspecified atom stereocenters. The maximum absolute atomic E-state index is 12.4. The van der Waals surface area contributed by atoms with Crippen molar-refractivity contribution >= 4 is 29.0 Å². The summed E-state index contributed by atoms with van der Waals surface area (Å²) in [6, 6.07) is 13.5. The zero-order valence-electron chi connectivity index (χ0n) is 11.6. The van der Waals surface area contributed by atoms with Gasteiger partial charge >= 0.3 is 0 Å². The molecule has 0 radical (unpaired) electrons. The van der Waals surface area contributed by atoms with Gasteiger partial charge in [-0.15, -0.1) is 0 Å². The Bertz CT molecular complexity index is 747. The van der Waals surface area contributed by atoms with E-state index in [9.17, 15) is 4.79 Å². The van der Waals surface area contributed by atoms with E-state index in [1.807, 2.05) is 55.5 Å². The van der Waals surface area contributed by atoms with Crippen LogP contribution in [-0.4, -0.2) is 5.78 Å². The second kappa shape index (κ2) is 5.67. The van der Waals surface area contributed by atoms with Crippen LogP contribution < -0.4 is 0 Å². The van der Waals surface area contributed by atoms with Gasteiger partial charge in [0.15, 0.2) is 5.78 Å².